The van der Waals surface area contributed by atoms with Gasteiger partial charge in [-0.2, -0.15) is 0 Å². The van der Waals surface area contributed by atoms with Crippen molar-refractivity contribution in [3.63, 3.8) is 0 Å². The summed E-state index contributed by atoms with van der Waals surface area (Å²) in [5, 5.41) is 13.2. The second kappa shape index (κ2) is 10.6. The number of nitrogens with zero attached hydrogens (tertiary/aromatic N) is 1. The summed E-state index contributed by atoms with van der Waals surface area (Å²) in [5.41, 5.74) is 0.894. The summed E-state index contributed by atoms with van der Waals surface area (Å²) in [4.78, 5) is 16.0. The van der Waals surface area contributed by atoms with Crippen LogP contribution in [0.3, 0.4) is 0 Å². The zero-order valence-corrected chi connectivity index (χ0v) is 18.4. The maximum atomic E-state index is 11.9. The van der Waals surface area contributed by atoms with E-state index in [1.54, 1.807) is 39.1 Å². The van der Waals surface area contributed by atoms with Gasteiger partial charge in [0.05, 0.1) is 12.7 Å². The molecule has 2 aromatic carbocycles. The highest BCUT2D eigenvalue weighted by molar-refractivity contribution is 5.67. The molecule has 168 valence electrons. The monoisotopic (exact) mass is 436 g/mol. The molecule has 3 rings (SSSR count). The van der Waals surface area contributed by atoms with Crippen molar-refractivity contribution in [3.8, 4) is 17.2 Å². The molecule has 2 N–H and O–H groups in total. The molecule has 0 fully saturated rings. The number of amides is 1. The van der Waals surface area contributed by atoms with Gasteiger partial charge in [0, 0.05) is 11.8 Å². The van der Waals surface area contributed by atoms with Crippen molar-refractivity contribution in [2.24, 2.45) is 0 Å². The number of nitrogens with one attached hydrogen (secondary N) is 1. The molecule has 7 heteroatoms. The first-order valence-corrected chi connectivity index (χ1v) is 10.3. The van der Waals surface area contributed by atoms with Crippen LogP contribution >= 0.6 is 0 Å². The molecule has 1 amide bonds. The van der Waals surface area contributed by atoms with Gasteiger partial charge in [0.2, 0.25) is 0 Å². The Labute approximate surface area is 188 Å². The summed E-state index contributed by atoms with van der Waals surface area (Å²) in [5.74, 6) is 1.42. The quantitative estimate of drug-likeness (QED) is 0.516. The third kappa shape index (κ3) is 6.99. The largest absolute Gasteiger partial charge is 0.485 e. The molecule has 3 aromatic rings. The lowest BCUT2D eigenvalue weighted by Crippen LogP contribution is -2.34. The van der Waals surface area contributed by atoms with Crippen molar-refractivity contribution >= 4 is 6.09 Å². The fraction of sp³-hybridized carbons (Fsp3) is 0.280. The summed E-state index contributed by atoms with van der Waals surface area (Å²) < 4.78 is 17.2. The minimum Gasteiger partial charge on any atom is -0.485 e. The third-order valence-electron chi connectivity index (χ3n) is 4.32. The number of ether oxygens (including phenoxy) is 3. The SMILES string of the molecule is CC(C)(C)OC(=O)NCC(O)c1ccncc1Oc1ccccc1OCc1ccccc1. The number of alkyl carbamates (subject to hydrolysis) is 1. The summed E-state index contributed by atoms with van der Waals surface area (Å²) in [6, 6.07) is 18.8. The molecule has 7 nitrogen and oxygen atoms in total. The molecular weight excluding hydrogens is 408 g/mol. The Balaban J connectivity index is 1.69. The highest BCUT2D eigenvalue weighted by Gasteiger charge is 2.20. The summed E-state index contributed by atoms with van der Waals surface area (Å²) >= 11 is 0. The zero-order valence-electron chi connectivity index (χ0n) is 18.4. The van der Waals surface area contributed by atoms with Gasteiger partial charge in [-0.15, -0.1) is 0 Å². The van der Waals surface area contributed by atoms with Crippen LogP contribution in [0.2, 0.25) is 0 Å². The number of carbonyl (C=O) groups excluding carboxylic acids is 1. The van der Waals surface area contributed by atoms with Crippen LogP contribution in [0.25, 0.3) is 0 Å². The number of rotatable bonds is 8. The van der Waals surface area contributed by atoms with E-state index in [0.29, 0.717) is 29.4 Å². The predicted molar refractivity (Wildman–Crippen MR) is 121 cm³/mol. The molecule has 0 aliphatic heterocycles. The van der Waals surface area contributed by atoms with E-state index in [9.17, 15) is 9.90 Å². The molecule has 0 saturated carbocycles. The fourth-order valence-electron chi connectivity index (χ4n) is 2.86. The van der Waals surface area contributed by atoms with E-state index in [1.807, 2.05) is 48.5 Å². The number of pyridine rings is 1. The summed E-state index contributed by atoms with van der Waals surface area (Å²) in [6.07, 6.45) is 1.45. The standard InChI is InChI=1S/C25H28N2O5/c1-25(2,3)32-24(29)27-15-20(28)19-13-14-26-16-23(19)31-22-12-8-7-11-21(22)30-17-18-9-5-4-6-10-18/h4-14,16,20,28H,15,17H2,1-3H3,(H,27,29). The molecule has 1 heterocycles. The van der Waals surface area contributed by atoms with E-state index in [4.69, 9.17) is 14.2 Å². The van der Waals surface area contributed by atoms with E-state index in [-0.39, 0.29) is 6.54 Å². The van der Waals surface area contributed by atoms with Crippen LogP contribution in [0.5, 0.6) is 17.2 Å². The molecule has 0 aliphatic rings. The van der Waals surface area contributed by atoms with Gasteiger partial charge in [-0.25, -0.2) is 4.79 Å². The molecule has 32 heavy (non-hydrogen) atoms. The van der Waals surface area contributed by atoms with Crippen molar-refractivity contribution in [2.45, 2.75) is 39.1 Å². The lowest BCUT2D eigenvalue weighted by molar-refractivity contribution is 0.0491. The second-order valence-electron chi connectivity index (χ2n) is 8.14. The lowest BCUT2D eigenvalue weighted by atomic mass is 10.1. The number of hydrogen-bond acceptors (Lipinski definition) is 6. The van der Waals surface area contributed by atoms with E-state index in [1.165, 1.54) is 6.20 Å². The summed E-state index contributed by atoms with van der Waals surface area (Å²) in [7, 11) is 0. The van der Waals surface area contributed by atoms with Gasteiger partial charge in [0.25, 0.3) is 0 Å². The van der Waals surface area contributed by atoms with Crippen molar-refractivity contribution in [3.05, 3.63) is 84.2 Å². The third-order valence-corrected chi connectivity index (χ3v) is 4.32. The Morgan fingerprint density at radius 3 is 2.41 bits per heavy atom. The Bertz CT molecular complexity index is 1020. The lowest BCUT2D eigenvalue weighted by Gasteiger charge is -2.21. The van der Waals surface area contributed by atoms with Gasteiger partial charge in [0.15, 0.2) is 17.2 Å². The van der Waals surface area contributed by atoms with E-state index in [0.717, 1.165) is 5.56 Å². The van der Waals surface area contributed by atoms with Crippen LogP contribution in [-0.2, 0) is 11.3 Å². The van der Waals surface area contributed by atoms with Crippen LogP contribution < -0.4 is 14.8 Å². The first kappa shape index (κ1) is 23.1. The van der Waals surface area contributed by atoms with Gasteiger partial charge in [-0.05, 0) is 44.5 Å². The smallest absolute Gasteiger partial charge is 0.407 e. The van der Waals surface area contributed by atoms with Crippen LogP contribution in [0, 0.1) is 0 Å². The minimum atomic E-state index is -1.02. The molecule has 1 unspecified atom stereocenters. The number of hydrogen-bond donors (Lipinski definition) is 2. The van der Waals surface area contributed by atoms with E-state index < -0.39 is 17.8 Å². The Hall–Kier alpha value is -3.58. The Morgan fingerprint density at radius 2 is 1.69 bits per heavy atom. The van der Waals surface area contributed by atoms with Crippen LogP contribution in [0.1, 0.15) is 38.0 Å². The van der Waals surface area contributed by atoms with Crippen molar-refractivity contribution in [1.29, 1.82) is 0 Å². The number of benzene rings is 2. The fourth-order valence-corrected chi connectivity index (χ4v) is 2.86. The van der Waals surface area contributed by atoms with Crippen molar-refractivity contribution in [2.75, 3.05) is 6.54 Å². The first-order chi connectivity index (χ1) is 15.3. The molecule has 0 saturated heterocycles. The van der Waals surface area contributed by atoms with Gasteiger partial charge in [-0.1, -0.05) is 42.5 Å². The number of aromatic nitrogens is 1. The number of carbonyl (C=O) groups is 1. The highest BCUT2D eigenvalue weighted by atomic mass is 16.6. The average Bonchev–Trinajstić information content (AvgIpc) is 2.77. The molecule has 0 radical (unpaired) electrons. The number of aliphatic hydroxyl groups is 1. The van der Waals surface area contributed by atoms with Gasteiger partial charge >= 0.3 is 6.09 Å². The van der Waals surface area contributed by atoms with Gasteiger partial charge in [-0.3, -0.25) is 4.98 Å². The normalized spacial score (nSPS) is 12.0. The number of para-hydroxylation sites is 2. The molecule has 0 bridgehead atoms. The second-order valence-corrected chi connectivity index (χ2v) is 8.14. The maximum Gasteiger partial charge on any atom is 0.407 e. The molecule has 0 aliphatic carbocycles. The average molecular weight is 437 g/mol. The van der Waals surface area contributed by atoms with Crippen LogP contribution in [-0.4, -0.2) is 28.3 Å². The molecule has 1 aromatic heterocycles. The molecule has 1 atom stereocenters. The molecular formula is C25H28N2O5. The zero-order chi connectivity index (χ0) is 23.0. The van der Waals surface area contributed by atoms with Gasteiger partial charge < -0.3 is 24.6 Å². The summed E-state index contributed by atoms with van der Waals surface area (Å²) in [6.45, 7) is 5.67. The minimum absolute atomic E-state index is 0.0402. The van der Waals surface area contributed by atoms with E-state index >= 15 is 0 Å². The first-order valence-electron chi connectivity index (χ1n) is 10.3. The topological polar surface area (TPSA) is 89.9 Å². The van der Waals surface area contributed by atoms with Crippen LogP contribution in [0.4, 0.5) is 4.79 Å². The van der Waals surface area contributed by atoms with Crippen LogP contribution in [0.15, 0.2) is 73.1 Å². The Morgan fingerprint density at radius 1 is 1.00 bits per heavy atom. The highest BCUT2D eigenvalue weighted by Crippen LogP contribution is 2.34. The van der Waals surface area contributed by atoms with Crippen molar-refractivity contribution < 1.29 is 24.1 Å². The Kier molecular flexibility index (Phi) is 7.68. The number of aliphatic hydroxyl groups excluding tert-OH is 1. The van der Waals surface area contributed by atoms with Gasteiger partial charge in [0.1, 0.15) is 18.3 Å². The van der Waals surface area contributed by atoms with E-state index in [2.05, 4.69) is 10.3 Å². The predicted octanol–water partition coefficient (Wildman–Crippen LogP) is 5.01. The maximum absolute atomic E-state index is 11.9. The molecule has 0 spiro atoms. The van der Waals surface area contributed by atoms with Crippen molar-refractivity contribution in [1.82, 2.24) is 10.3 Å².